The Balaban J connectivity index is 2.35. The first-order valence-electron chi connectivity index (χ1n) is 5.60. The molecule has 0 amide bonds. The van der Waals surface area contributed by atoms with Crippen molar-refractivity contribution in [3.05, 3.63) is 67.6 Å². The topological polar surface area (TPSA) is 34.1 Å². The van der Waals surface area contributed by atoms with Crippen molar-refractivity contribution >= 4 is 44.4 Å². The van der Waals surface area contributed by atoms with Crippen molar-refractivity contribution in [1.29, 1.82) is 0 Å². The Kier molecular flexibility index (Phi) is 4.66. The maximum absolute atomic E-state index is 10.8. The molecule has 2 nitrogen and oxygen atoms in total. The van der Waals surface area contributed by atoms with E-state index in [0.717, 1.165) is 32.6 Å². The summed E-state index contributed by atoms with van der Waals surface area (Å²) in [5.41, 5.74) is 3.31. The summed E-state index contributed by atoms with van der Waals surface area (Å²) >= 11 is 6.77. The first-order chi connectivity index (χ1) is 9.10. The molecule has 0 aliphatic rings. The van der Waals surface area contributed by atoms with Gasteiger partial charge in [-0.1, -0.05) is 31.9 Å². The lowest BCUT2D eigenvalue weighted by atomic mass is 10.0. The summed E-state index contributed by atoms with van der Waals surface area (Å²) in [4.78, 5) is 21.7. The second kappa shape index (κ2) is 6.26. The largest absolute Gasteiger partial charge is 0.298 e. The molecule has 2 rings (SSSR count). The van der Waals surface area contributed by atoms with Gasteiger partial charge in [0.05, 0.1) is 0 Å². The van der Waals surface area contributed by atoms with Gasteiger partial charge in [0.1, 0.15) is 12.6 Å². The highest BCUT2D eigenvalue weighted by Crippen LogP contribution is 2.21. The summed E-state index contributed by atoms with van der Waals surface area (Å²) in [6, 6.07) is 11.2. The van der Waals surface area contributed by atoms with Gasteiger partial charge < -0.3 is 0 Å². The van der Waals surface area contributed by atoms with Gasteiger partial charge in [-0.15, -0.1) is 0 Å². The number of rotatable bonds is 4. The molecule has 0 aliphatic carbocycles. The average Bonchev–Trinajstić information content (AvgIpc) is 2.37. The van der Waals surface area contributed by atoms with Gasteiger partial charge in [-0.3, -0.25) is 9.59 Å². The average molecular weight is 382 g/mol. The first kappa shape index (κ1) is 14.2. The third-order valence-corrected chi connectivity index (χ3v) is 3.56. The SMILES string of the molecule is O=Cc1cc(Br)cc(Cc2cc(Br)cc(C=O)c2)c1. The molecule has 0 saturated heterocycles. The van der Waals surface area contributed by atoms with Gasteiger partial charge in [-0.25, -0.2) is 0 Å². The molecule has 0 bridgehead atoms. The minimum absolute atomic E-state index is 0.634. The molecule has 2 aromatic rings. The molecular formula is C15H10Br2O2. The fourth-order valence-corrected chi connectivity index (χ4v) is 3.04. The van der Waals surface area contributed by atoms with Crippen LogP contribution >= 0.6 is 31.9 Å². The lowest BCUT2D eigenvalue weighted by Crippen LogP contribution is -1.93. The van der Waals surface area contributed by atoms with Crippen molar-refractivity contribution in [3.8, 4) is 0 Å². The van der Waals surface area contributed by atoms with Crippen LogP contribution in [0.4, 0.5) is 0 Å². The Morgan fingerprint density at radius 3 is 1.53 bits per heavy atom. The minimum Gasteiger partial charge on any atom is -0.298 e. The molecule has 0 atom stereocenters. The van der Waals surface area contributed by atoms with Crippen LogP contribution in [0.15, 0.2) is 45.3 Å². The molecule has 2 aromatic carbocycles. The van der Waals surface area contributed by atoms with Gasteiger partial charge >= 0.3 is 0 Å². The van der Waals surface area contributed by atoms with Crippen LogP contribution in [-0.4, -0.2) is 12.6 Å². The molecule has 0 N–H and O–H groups in total. The molecule has 0 heterocycles. The third-order valence-electron chi connectivity index (χ3n) is 2.64. The van der Waals surface area contributed by atoms with Crippen molar-refractivity contribution in [2.75, 3.05) is 0 Å². The van der Waals surface area contributed by atoms with E-state index in [0.29, 0.717) is 17.5 Å². The second-order valence-electron chi connectivity index (χ2n) is 4.20. The molecule has 0 fully saturated rings. The fourth-order valence-electron chi connectivity index (χ4n) is 1.93. The van der Waals surface area contributed by atoms with E-state index in [-0.39, 0.29) is 0 Å². The Morgan fingerprint density at radius 2 is 1.16 bits per heavy atom. The first-order valence-corrected chi connectivity index (χ1v) is 7.18. The van der Waals surface area contributed by atoms with Gasteiger partial charge in [-0.05, 0) is 53.9 Å². The quantitative estimate of drug-likeness (QED) is 0.734. The summed E-state index contributed by atoms with van der Waals surface area (Å²) in [5.74, 6) is 0. The molecule has 19 heavy (non-hydrogen) atoms. The van der Waals surface area contributed by atoms with Crippen LogP contribution < -0.4 is 0 Å². The molecule has 4 heteroatoms. The van der Waals surface area contributed by atoms with Gasteiger partial charge in [0, 0.05) is 20.1 Å². The summed E-state index contributed by atoms with van der Waals surface area (Å²) in [6.07, 6.45) is 2.32. The van der Waals surface area contributed by atoms with Crippen molar-refractivity contribution in [3.63, 3.8) is 0 Å². The molecule has 0 radical (unpaired) electrons. The Hall–Kier alpha value is -1.26. The Bertz CT molecular complexity index is 581. The van der Waals surface area contributed by atoms with E-state index < -0.39 is 0 Å². The highest BCUT2D eigenvalue weighted by Gasteiger charge is 2.03. The van der Waals surface area contributed by atoms with E-state index in [1.165, 1.54) is 0 Å². The lowest BCUT2D eigenvalue weighted by Gasteiger charge is -2.06. The van der Waals surface area contributed by atoms with Crippen LogP contribution in [0, 0.1) is 0 Å². The Labute approximate surface area is 128 Å². The van der Waals surface area contributed by atoms with E-state index in [2.05, 4.69) is 31.9 Å². The summed E-state index contributed by atoms with van der Waals surface area (Å²) in [6.45, 7) is 0. The van der Waals surface area contributed by atoms with Crippen LogP contribution in [0.3, 0.4) is 0 Å². The molecule has 0 aliphatic heterocycles. The van der Waals surface area contributed by atoms with E-state index in [9.17, 15) is 9.59 Å². The number of carbonyl (C=O) groups excluding carboxylic acids is 2. The van der Waals surface area contributed by atoms with Gasteiger partial charge in [0.25, 0.3) is 0 Å². The summed E-state index contributed by atoms with van der Waals surface area (Å²) < 4.78 is 1.75. The minimum atomic E-state index is 0.634. The normalized spacial score (nSPS) is 10.2. The molecule has 0 saturated carbocycles. The van der Waals surface area contributed by atoms with Gasteiger partial charge in [0.2, 0.25) is 0 Å². The molecule has 0 unspecified atom stereocenters. The van der Waals surface area contributed by atoms with Crippen molar-refractivity contribution < 1.29 is 9.59 Å². The van der Waals surface area contributed by atoms with Crippen LogP contribution in [-0.2, 0) is 6.42 Å². The van der Waals surface area contributed by atoms with E-state index in [1.54, 1.807) is 12.1 Å². The number of carbonyl (C=O) groups is 2. The van der Waals surface area contributed by atoms with Crippen molar-refractivity contribution in [2.24, 2.45) is 0 Å². The molecule has 96 valence electrons. The number of aldehydes is 2. The van der Waals surface area contributed by atoms with Crippen LogP contribution in [0.25, 0.3) is 0 Å². The third kappa shape index (κ3) is 3.85. The summed E-state index contributed by atoms with van der Waals surface area (Å²) in [5, 5.41) is 0. The monoisotopic (exact) mass is 380 g/mol. The zero-order chi connectivity index (χ0) is 13.8. The number of hydrogen-bond acceptors (Lipinski definition) is 2. The number of hydrogen-bond donors (Lipinski definition) is 0. The Morgan fingerprint density at radius 1 is 0.737 bits per heavy atom. The maximum Gasteiger partial charge on any atom is 0.150 e. The predicted molar refractivity (Wildman–Crippen MR) is 81.9 cm³/mol. The smallest absolute Gasteiger partial charge is 0.150 e. The highest BCUT2D eigenvalue weighted by atomic mass is 79.9. The van der Waals surface area contributed by atoms with Crippen LogP contribution in [0.5, 0.6) is 0 Å². The van der Waals surface area contributed by atoms with Crippen molar-refractivity contribution in [1.82, 2.24) is 0 Å². The molecular weight excluding hydrogens is 372 g/mol. The highest BCUT2D eigenvalue weighted by molar-refractivity contribution is 9.10. The summed E-state index contributed by atoms with van der Waals surface area (Å²) in [7, 11) is 0. The maximum atomic E-state index is 10.8. The molecule has 0 aromatic heterocycles. The van der Waals surface area contributed by atoms with Crippen molar-refractivity contribution in [2.45, 2.75) is 6.42 Å². The van der Waals surface area contributed by atoms with E-state index >= 15 is 0 Å². The predicted octanol–water partition coefficient (Wildman–Crippen LogP) is 4.43. The van der Waals surface area contributed by atoms with Gasteiger partial charge in [-0.2, -0.15) is 0 Å². The lowest BCUT2D eigenvalue weighted by molar-refractivity contribution is 0.111. The standard InChI is InChI=1S/C15H10Br2O2/c16-14-4-10(2-12(6-14)8-18)1-11-3-13(9-19)7-15(17)5-11/h2-9H,1H2. The molecule has 0 spiro atoms. The zero-order valence-electron chi connectivity index (χ0n) is 9.90. The fraction of sp³-hybridized carbons (Fsp3) is 0.0667. The number of benzene rings is 2. The number of halogens is 2. The zero-order valence-corrected chi connectivity index (χ0v) is 13.1. The van der Waals surface area contributed by atoms with E-state index in [1.807, 2.05) is 24.3 Å². The van der Waals surface area contributed by atoms with Crippen LogP contribution in [0.1, 0.15) is 31.8 Å². The van der Waals surface area contributed by atoms with Gasteiger partial charge in [0.15, 0.2) is 0 Å². The second-order valence-corrected chi connectivity index (χ2v) is 6.03. The van der Waals surface area contributed by atoms with E-state index in [4.69, 9.17) is 0 Å². The van der Waals surface area contributed by atoms with Crippen LogP contribution in [0.2, 0.25) is 0 Å².